The summed E-state index contributed by atoms with van der Waals surface area (Å²) < 4.78 is 13.2. The molecule has 1 unspecified atom stereocenters. The molecule has 0 bridgehead atoms. The summed E-state index contributed by atoms with van der Waals surface area (Å²) in [7, 11) is 0. The highest BCUT2D eigenvalue weighted by Gasteiger charge is 2.25. The van der Waals surface area contributed by atoms with Crippen molar-refractivity contribution in [2.24, 2.45) is 0 Å². The Morgan fingerprint density at radius 2 is 2.18 bits per heavy atom. The maximum Gasteiger partial charge on any atom is 0.253 e. The molecule has 0 saturated carbocycles. The maximum atomic E-state index is 13.2. The minimum absolute atomic E-state index is 0.122. The number of amides is 1. The van der Waals surface area contributed by atoms with Gasteiger partial charge in [0.05, 0.1) is 16.1 Å². The van der Waals surface area contributed by atoms with E-state index in [1.807, 2.05) is 13.8 Å². The van der Waals surface area contributed by atoms with E-state index < -0.39 is 17.3 Å². The average Bonchev–Trinajstić information content (AvgIpc) is 2.32. The van der Waals surface area contributed by atoms with Gasteiger partial charge in [-0.15, -0.1) is 11.6 Å². The largest absolute Gasteiger partial charge is 0.346 e. The molecule has 1 amide bonds. The van der Waals surface area contributed by atoms with Crippen molar-refractivity contribution in [2.45, 2.75) is 25.8 Å². The Balaban J connectivity index is 2.94. The molecule has 0 saturated heterocycles. The molecule has 1 atom stereocenters. The predicted molar refractivity (Wildman–Crippen MR) is 68.3 cm³/mol. The molecule has 0 aliphatic rings. The molecule has 0 aliphatic heterocycles. The van der Waals surface area contributed by atoms with Crippen LogP contribution in [0.5, 0.6) is 0 Å². The van der Waals surface area contributed by atoms with Gasteiger partial charge < -0.3 is 5.32 Å². The van der Waals surface area contributed by atoms with Crippen LogP contribution in [0.3, 0.4) is 0 Å². The standard InChI is InChI=1S/C12H14Cl2FNO/c1-3-12(2,7-13)16-11(17)8-5-4-6-9(15)10(8)14/h4-6H,3,7H2,1-2H3,(H,16,17). The summed E-state index contributed by atoms with van der Waals surface area (Å²) in [5.41, 5.74) is -0.398. The summed E-state index contributed by atoms with van der Waals surface area (Å²) in [6.07, 6.45) is 0.676. The Morgan fingerprint density at radius 3 is 2.71 bits per heavy atom. The second-order valence-corrected chi connectivity index (χ2v) is 4.75. The average molecular weight is 278 g/mol. The number of benzene rings is 1. The summed E-state index contributed by atoms with van der Waals surface area (Å²) in [6, 6.07) is 4.13. The van der Waals surface area contributed by atoms with Crippen LogP contribution in [0.15, 0.2) is 18.2 Å². The molecule has 1 N–H and O–H groups in total. The summed E-state index contributed by atoms with van der Waals surface area (Å²) in [5, 5.41) is 2.59. The van der Waals surface area contributed by atoms with Gasteiger partial charge in [-0.3, -0.25) is 4.79 Å². The highest BCUT2D eigenvalue weighted by molar-refractivity contribution is 6.34. The zero-order chi connectivity index (χ0) is 13.1. The van der Waals surface area contributed by atoms with Crippen molar-refractivity contribution < 1.29 is 9.18 Å². The Kier molecular flexibility index (Phi) is 4.78. The summed E-state index contributed by atoms with van der Waals surface area (Å²) in [4.78, 5) is 11.9. The van der Waals surface area contributed by atoms with Gasteiger partial charge in [-0.05, 0) is 25.5 Å². The molecule has 1 rings (SSSR count). The van der Waals surface area contributed by atoms with Crippen molar-refractivity contribution in [3.05, 3.63) is 34.6 Å². The second kappa shape index (κ2) is 5.69. The minimum atomic E-state index is -0.608. The Labute approximate surface area is 110 Å². The fourth-order valence-corrected chi connectivity index (χ4v) is 1.70. The highest BCUT2D eigenvalue weighted by atomic mass is 35.5. The molecule has 1 aromatic carbocycles. The normalized spacial score (nSPS) is 14.2. The molecule has 5 heteroatoms. The number of nitrogens with one attached hydrogen (secondary N) is 1. The molecule has 0 radical (unpaired) electrons. The van der Waals surface area contributed by atoms with Gasteiger partial charge in [0.25, 0.3) is 5.91 Å². The SMILES string of the molecule is CCC(C)(CCl)NC(=O)c1cccc(F)c1Cl. The zero-order valence-corrected chi connectivity index (χ0v) is 11.2. The van der Waals surface area contributed by atoms with Crippen LogP contribution in [0.25, 0.3) is 0 Å². The molecule has 17 heavy (non-hydrogen) atoms. The molecule has 0 spiro atoms. The lowest BCUT2D eigenvalue weighted by atomic mass is 10.0. The fraction of sp³-hybridized carbons (Fsp3) is 0.417. The lowest BCUT2D eigenvalue weighted by molar-refractivity contribution is 0.0912. The van der Waals surface area contributed by atoms with Crippen LogP contribution in [-0.2, 0) is 0 Å². The first-order valence-corrected chi connectivity index (χ1v) is 6.17. The van der Waals surface area contributed by atoms with E-state index in [1.54, 1.807) is 0 Å². The molecule has 0 fully saturated rings. The Hall–Kier alpha value is -0.800. The molecule has 0 heterocycles. The quantitative estimate of drug-likeness (QED) is 0.837. The number of hydrogen-bond donors (Lipinski definition) is 1. The minimum Gasteiger partial charge on any atom is -0.346 e. The Morgan fingerprint density at radius 1 is 1.53 bits per heavy atom. The molecule has 0 aromatic heterocycles. The van der Waals surface area contributed by atoms with Gasteiger partial charge >= 0.3 is 0 Å². The van der Waals surface area contributed by atoms with Crippen molar-refractivity contribution >= 4 is 29.1 Å². The van der Waals surface area contributed by atoms with Crippen molar-refractivity contribution in [2.75, 3.05) is 5.88 Å². The van der Waals surface area contributed by atoms with E-state index in [0.29, 0.717) is 6.42 Å². The number of carbonyl (C=O) groups excluding carboxylic acids is 1. The number of carbonyl (C=O) groups is 1. The van der Waals surface area contributed by atoms with Gasteiger partial charge in [-0.25, -0.2) is 4.39 Å². The van der Waals surface area contributed by atoms with E-state index in [9.17, 15) is 9.18 Å². The third-order valence-corrected chi connectivity index (χ3v) is 3.66. The van der Waals surface area contributed by atoms with E-state index in [4.69, 9.17) is 23.2 Å². The maximum absolute atomic E-state index is 13.2. The highest BCUT2D eigenvalue weighted by Crippen LogP contribution is 2.21. The number of alkyl halides is 1. The molecule has 94 valence electrons. The van der Waals surface area contributed by atoms with Crippen LogP contribution in [0.2, 0.25) is 5.02 Å². The van der Waals surface area contributed by atoms with Gasteiger partial charge in [0, 0.05) is 5.88 Å². The lowest BCUT2D eigenvalue weighted by Crippen LogP contribution is -2.47. The van der Waals surface area contributed by atoms with Gasteiger partial charge in [0.2, 0.25) is 0 Å². The summed E-state index contributed by atoms with van der Waals surface area (Å²) in [5.74, 6) is -0.745. The van der Waals surface area contributed by atoms with Crippen LogP contribution in [-0.4, -0.2) is 17.3 Å². The van der Waals surface area contributed by atoms with E-state index in [1.165, 1.54) is 18.2 Å². The summed E-state index contributed by atoms with van der Waals surface area (Å²) >= 11 is 11.5. The Bertz CT molecular complexity index is 419. The first kappa shape index (κ1) is 14.3. The number of halogens is 3. The first-order chi connectivity index (χ1) is 7.93. The van der Waals surface area contributed by atoms with Crippen molar-refractivity contribution in [1.82, 2.24) is 5.32 Å². The fourth-order valence-electron chi connectivity index (χ4n) is 1.24. The summed E-state index contributed by atoms with van der Waals surface area (Å²) in [6.45, 7) is 3.74. The third kappa shape index (κ3) is 3.33. The van der Waals surface area contributed by atoms with E-state index in [0.717, 1.165) is 0 Å². The molecular formula is C12H14Cl2FNO. The monoisotopic (exact) mass is 277 g/mol. The van der Waals surface area contributed by atoms with Crippen molar-refractivity contribution in [3.8, 4) is 0 Å². The van der Waals surface area contributed by atoms with E-state index in [2.05, 4.69) is 5.32 Å². The lowest BCUT2D eigenvalue weighted by Gasteiger charge is -2.27. The van der Waals surface area contributed by atoms with Crippen LogP contribution in [0, 0.1) is 5.82 Å². The van der Waals surface area contributed by atoms with Crippen molar-refractivity contribution in [1.29, 1.82) is 0 Å². The number of hydrogen-bond acceptors (Lipinski definition) is 1. The zero-order valence-electron chi connectivity index (χ0n) is 9.69. The molecular weight excluding hydrogens is 264 g/mol. The second-order valence-electron chi connectivity index (χ2n) is 4.10. The molecule has 2 nitrogen and oxygen atoms in total. The van der Waals surface area contributed by atoms with Gasteiger partial charge in [-0.1, -0.05) is 24.6 Å². The third-order valence-electron chi connectivity index (χ3n) is 2.69. The van der Waals surface area contributed by atoms with Crippen LogP contribution in [0.1, 0.15) is 30.6 Å². The van der Waals surface area contributed by atoms with Gasteiger partial charge in [0.1, 0.15) is 5.82 Å². The first-order valence-electron chi connectivity index (χ1n) is 5.26. The van der Waals surface area contributed by atoms with Gasteiger partial charge in [0.15, 0.2) is 0 Å². The predicted octanol–water partition coefficient (Wildman–Crippen LogP) is 3.62. The van der Waals surface area contributed by atoms with Crippen molar-refractivity contribution in [3.63, 3.8) is 0 Å². The van der Waals surface area contributed by atoms with Crippen LogP contribution in [0.4, 0.5) is 4.39 Å². The van der Waals surface area contributed by atoms with E-state index >= 15 is 0 Å². The topological polar surface area (TPSA) is 29.1 Å². The van der Waals surface area contributed by atoms with E-state index in [-0.39, 0.29) is 16.5 Å². The molecule has 0 aliphatic carbocycles. The molecule has 1 aromatic rings. The van der Waals surface area contributed by atoms with Crippen LogP contribution >= 0.6 is 23.2 Å². The number of rotatable bonds is 4. The van der Waals surface area contributed by atoms with Crippen LogP contribution < -0.4 is 5.32 Å². The van der Waals surface area contributed by atoms with Gasteiger partial charge in [-0.2, -0.15) is 0 Å². The smallest absolute Gasteiger partial charge is 0.253 e.